The Morgan fingerprint density at radius 2 is 1.91 bits per heavy atom. The van der Waals surface area contributed by atoms with Crippen LogP contribution in [-0.4, -0.2) is 23.8 Å². The van der Waals surface area contributed by atoms with Crippen LogP contribution in [0.25, 0.3) is 22.0 Å². The van der Waals surface area contributed by atoms with Gasteiger partial charge in [-0.2, -0.15) is 0 Å². The van der Waals surface area contributed by atoms with Gasteiger partial charge in [-0.3, -0.25) is 4.79 Å². The van der Waals surface area contributed by atoms with Crippen molar-refractivity contribution < 1.29 is 14.3 Å². The fourth-order valence-corrected chi connectivity index (χ4v) is 2.52. The number of ether oxygens (including phenoxy) is 1. The Morgan fingerprint density at radius 3 is 2.59 bits per heavy atom. The van der Waals surface area contributed by atoms with E-state index in [1.807, 2.05) is 48.5 Å². The SMILES string of the molecule is CCOC(=O)c1[nH]c2cc(-c3ccccc3)ccc2c1C=O. The van der Waals surface area contributed by atoms with Crippen molar-refractivity contribution in [1.82, 2.24) is 4.98 Å². The first-order chi connectivity index (χ1) is 10.7. The van der Waals surface area contributed by atoms with Crippen LogP contribution < -0.4 is 0 Å². The second-order valence-electron chi connectivity index (χ2n) is 4.88. The predicted octanol–water partition coefficient (Wildman–Crippen LogP) is 3.82. The number of H-pyrrole nitrogens is 1. The molecule has 0 atom stereocenters. The van der Waals surface area contributed by atoms with Crippen molar-refractivity contribution in [2.75, 3.05) is 6.61 Å². The predicted molar refractivity (Wildman–Crippen MR) is 85.1 cm³/mol. The molecule has 3 rings (SSSR count). The molecule has 4 nitrogen and oxygen atoms in total. The topological polar surface area (TPSA) is 59.2 Å². The van der Waals surface area contributed by atoms with E-state index in [0.29, 0.717) is 11.8 Å². The smallest absolute Gasteiger partial charge is 0.355 e. The number of aromatic nitrogens is 1. The number of rotatable bonds is 4. The molecule has 1 N–H and O–H groups in total. The summed E-state index contributed by atoms with van der Waals surface area (Å²) >= 11 is 0. The number of esters is 1. The lowest BCUT2D eigenvalue weighted by molar-refractivity contribution is 0.0518. The number of aromatic amines is 1. The Morgan fingerprint density at radius 1 is 1.14 bits per heavy atom. The van der Waals surface area contributed by atoms with E-state index >= 15 is 0 Å². The number of carbonyl (C=O) groups excluding carboxylic acids is 2. The molecule has 3 aromatic rings. The molecule has 0 fully saturated rings. The first-order valence-corrected chi connectivity index (χ1v) is 7.08. The number of aldehydes is 1. The van der Waals surface area contributed by atoms with Gasteiger partial charge in [-0.05, 0) is 24.1 Å². The summed E-state index contributed by atoms with van der Waals surface area (Å²) in [6.45, 7) is 2.00. The van der Waals surface area contributed by atoms with Crippen molar-refractivity contribution in [3.63, 3.8) is 0 Å². The first-order valence-electron chi connectivity index (χ1n) is 7.08. The maximum atomic E-state index is 11.9. The molecule has 1 aromatic heterocycles. The maximum absolute atomic E-state index is 11.9. The van der Waals surface area contributed by atoms with Crippen LogP contribution in [0.15, 0.2) is 48.5 Å². The van der Waals surface area contributed by atoms with Gasteiger partial charge in [0.25, 0.3) is 0 Å². The number of fused-ring (bicyclic) bond motifs is 1. The molecular weight excluding hydrogens is 278 g/mol. The minimum atomic E-state index is -0.512. The fraction of sp³-hybridized carbons (Fsp3) is 0.111. The lowest BCUT2D eigenvalue weighted by Crippen LogP contribution is -2.07. The Bertz CT molecular complexity index is 834. The van der Waals surface area contributed by atoms with Crippen LogP contribution in [0.5, 0.6) is 0 Å². The summed E-state index contributed by atoms with van der Waals surface area (Å²) in [5, 5.41) is 0.720. The van der Waals surface area contributed by atoms with Gasteiger partial charge in [0.2, 0.25) is 0 Å². The summed E-state index contributed by atoms with van der Waals surface area (Å²) in [5.41, 5.74) is 3.38. The summed E-state index contributed by atoms with van der Waals surface area (Å²) in [6.07, 6.45) is 0.688. The van der Waals surface area contributed by atoms with Gasteiger partial charge in [-0.15, -0.1) is 0 Å². The van der Waals surface area contributed by atoms with Gasteiger partial charge in [-0.1, -0.05) is 42.5 Å². The van der Waals surface area contributed by atoms with Crippen LogP contribution in [0.2, 0.25) is 0 Å². The molecule has 110 valence electrons. The van der Waals surface area contributed by atoms with Crippen LogP contribution >= 0.6 is 0 Å². The van der Waals surface area contributed by atoms with E-state index in [2.05, 4.69) is 4.98 Å². The number of hydrogen-bond acceptors (Lipinski definition) is 3. The second-order valence-corrected chi connectivity index (χ2v) is 4.88. The van der Waals surface area contributed by atoms with Crippen molar-refractivity contribution >= 4 is 23.2 Å². The normalized spacial score (nSPS) is 10.6. The molecule has 0 bridgehead atoms. The number of nitrogens with one attached hydrogen (secondary N) is 1. The van der Waals surface area contributed by atoms with Crippen molar-refractivity contribution in [2.24, 2.45) is 0 Å². The Kier molecular flexibility index (Phi) is 3.74. The minimum Gasteiger partial charge on any atom is -0.461 e. The summed E-state index contributed by atoms with van der Waals surface area (Å²) < 4.78 is 4.99. The van der Waals surface area contributed by atoms with E-state index in [1.54, 1.807) is 6.92 Å². The van der Waals surface area contributed by atoms with Crippen LogP contribution in [0.1, 0.15) is 27.8 Å². The highest BCUT2D eigenvalue weighted by Gasteiger charge is 2.18. The number of benzene rings is 2. The molecule has 0 aliphatic rings. The standard InChI is InChI=1S/C18H15NO3/c1-2-22-18(21)17-15(11-20)14-9-8-13(10-16(14)19-17)12-6-4-3-5-7-12/h3-11,19H,2H2,1H3. The van der Waals surface area contributed by atoms with Gasteiger partial charge in [-0.25, -0.2) is 4.79 Å². The van der Waals surface area contributed by atoms with E-state index in [1.165, 1.54) is 0 Å². The van der Waals surface area contributed by atoms with E-state index in [4.69, 9.17) is 4.74 Å². The van der Waals surface area contributed by atoms with Gasteiger partial charge in [0, 0.05) is 10.9 Å². The largest absolute Gasteiger partial charge is 0.461 e. The highest BCUT2D eigenvalue weighted by molar-refractivity contribution is 6.08. The molecule has 0 aliphatic heterocycles. The van der Waals surface area contributed by atoms with Crippen molar-refractivity contribution in [3.8, 4) is 11.1 Å². The average molecular weight is 293 g/mol. The zero-order valence-corrected chi connectivity index (χ0v) is 12.1. The van der Waals surface area contributed by atoms with Gasteiger partial charge in [0.05, 0.1) is 12.2 Å². The molecular formula is C18H15NO3. The van der Waals surface area contributed by atoms with Crippen LogP contribution in [0.3, 0.4) is 0 Å². The van der Waals surface area contributed by atoms with Gasteiger partial charge >= 0.3 is 5.97 Å². The molecule has 0 unspecified atom stereocenters. The third-order valence-corrected chi connectivity index (χ3v) is 3.54. The van der Waals surface area contributed by atoms with E-state index in [-0.39, 0.29) is 12.3 Å². The summed E-state index contributed by atoms with van der Waals surface area (Å²) in [4.78, 5) is 26.3. The molecule has 4 heteroatoms. The summed E-state index contributed by atoms with van der Waals surface area (Å²) in [6, 6.07) is 15.6. The molecule has 0 saturated carbocycles. The Hall–Kier alpha value is -2.88. The number of carbonyl (C=O) groups is 2. The molecule has 1 heterocycles. The van der Waals surface area contributed by atoms with E-state index in [9.17, 15) is 9.59 Å². The minimum absolute atomic E-state index is 0.206. The number of hydrogen-bond donors (Lipinski definition) is 1. The fourth-order valence-electron chi connectivity index (χ4n) is 2.52. The molecule has 0 radical (unpaired) electrons. The molecule has 0 aliphatic carbocycles. The van der Waals surface area contributed by atoms with Gasteiger partial charge in [0.1, 0.15) is 5.69 Å². The average Bonchev–Trinajstić information content (AvgIpc) is 2.93. The van der Waals surface area contributed by atoms with Crippen LogP contribution in [-0.2, 0) is 4.74 Å². The van der Waals surface area contributed by atoms with Gasteiger partial charge in [0.15, 0.2) is 6.29 Å². The lowest BCUT2D eigenvalue weighted by Gasteiger charge is -2.01. The van der Waals surface area contributed by atoms with Crippen LogP contribution in [0.4, 0.5) is 0 Å². The highest BCUT2D eigenvalue weighted by atomic mass is 16.5. The Labute approximate surface area is 127 Å². The zero-order valence-electron chi connectivity index (χ0n) is 12.1. The molecule has 2 aromatic carbocycles. The third kappa shape index (κ3) is 2.39. The van der Waals surface area contributed by atoms with Crippen molar-refractivity contribution in [2.45, 2.75) is 6.92 Å². The second kappa shape index (κ2) is 5.85. The van der Waals surface area contributed by atoms with Crippen molar-refractivity contribution in [1.29, 1.82) is 0 Å². The van der Waals surface area contributed by atoms with Gasteiger partial charge < -0.3 is 9.72 Å². The zero-order chi connectivity index (χ0) is 15.5. The van der Waals surface area contributed by atoms with Crippen LogP contribution in [0, 0.1) is 0 Å². The molecule has 22 heavy (non-hydrogen) atoms. The summed E-state index contributed by atoms with van der Waals surface area (Å²) in [7, 11) is 0. The lowest BCUT2D eigenvalue weighted by atomic mass is 10.0. The molecule has 0 amide bonds. The molecule has 0 saturated heterocycles. The third-order valence-electron chi connectivity index (χ3n) is 3.54. The van der Waals surface area contributed by atoms with E-state index < -0.39 is 5.97 Å². The van der Waals surface area contributed by atoms with E-state index in [0.717, 1.165) is 22.0 Å². The monoisotopic (exact) mass is 293 g/mol. The van der Waals surface area contributed by atoms with Crippen molar-refractivity contribution in [3.05, 3.63) is 59.8 Å². The quantitative estimate of drug-likeness (QED) is 0.587. The molecule has 0 spiro atoms. The highest BCUT2D eigenvalue weighted by Crippen LogP contribution is 2.27. The first kappa shape index (κ1) is 14.1. The maximum Gasteiger partial charge on any atom is 0.355 e. The Balaban J connectivity index is 2.14. The summed E-state index contributed by atoms with van der Waals surface area (Å²) in [5.74, 6) is -0.512.